The lowest BCUT2D eigenvalue weighted by atomic mass is 9.68. The van der Waals surface area contributed by atoms with Crippen molar-refractivity contribution in [2.45, 2.75) is 58.0 Å². The van der Waals surface area contributed by atoms with E-state index in [0.29, 0.717) is 11.8 Å². The third-order valence-electron chi connectivity index (χ3n) is 5.05. The Kier molecular flexibility index (Phi) is 3.25. The molecule has 1 heterocycles. The average molecular weight is 260 g/mol. The van der Waals surface area contributed by atoms with E-state index < -0.39 is 0 Å². The molecule has 3 aliphatic rings. The second kappa shape index (κ2) is 4.78. The van der Waals surface area contributed by atoms with Crippen molar-refractivity contribution >= 4 is 5.91 Å². The minimum absolute atomic E-state index is 0.157. The third kappa shape index (κ3) is 2.14. The Morgan fingerprint density at radius 3 is 3.00 bits per heavy atom. The first kappa shape index (κ1) is 12.9. The van der Waals surface area contributed by atoms with Crippen LogP contribution in [-0.2, 0) is 4.79 Å². The van der Waals surface area contributed by atoms with Crippen molar-refractivity contribution in [3.63, 3.8) is 0 Å². The molecule has 3 N–H and O–H groups in total. The molecule has 3 heteroatoms. The van der Waals surface area contributed by atoms with Gasteiger partial charge in [-0.25, -0.2) is 0 Å². The van der Waals surface area contributed by atoms with E-state index in [9.17, 15) is 4.79 Å². The monoisotopic (exact) mass is 260 g/mol. The molecule has 1 amide bonds. The van der Waals surface area contributed by atoms with E-state index in [1.807, 2.05) is 0 Å². The van der Waals surface area contributed by atoms with Crippen LogP contribution in [0.4, 0.5) is 0 Å². The maximum absolute atomic E-state index is 12.4. The molecule has 0 bridgehead atoms. The first-order valence-corrected chi connectivity index (χ1v) is 7.59. The number of amides is 1. The lowest BCUT2D eigenvalue weighted by Gasteiger charge is -2.42. The zero-order valence-electron chi connectivity index (χ0n) is 11.9. The SMILES string of the molecule is CCC1=CC2NC(=O)C3=C(CC(N)CC3C)C2CC1. The highest BCUT2D eigenvalue weighted by atomic mass is 16.1. The molecular formula is C16H24N2O. The zero-order chi connectivity index (χ0) is 13.6. The Morgan fingerprint density at radius 2 is 2.26 bits per heavy atom. The van der Waals surface area contributed by atoms with Gasteiger partial charge in [0.2, 0.25) is 5.91 Å². The van der Waals surface area contributed by atoms with Gasteiger partial charge in [-0.05, 0) is 38.0 Å². The molecule has 0 radical (unpaired) electrons. The quantitative estimate of drug-likeness (QED) is 0.711. The summed E-state index contributed by atoms with van der Waals surface area (Å²) in [7, 11) is 0. The summed E-state index contributed by atoms with van der Waals surface area (Å²) in [4.78, 5) is 12.4. The van der Waals surface area contributed by atoms with Gasteiger partial charge >= 0.3 is 0 Å². The average Bonchev–Trinajstić information content (AvgIpc) is 2.37. The van der Waals surface area contributed by atoms with Crippen LogP contribution in [0.5, 0.6) is 0 Å². The van der Waals surface area contributed by atoms with Crippen molar-refractivity contribution in [3.8, 4) is 0 Å². The Bertz CT molecular complexity index is 463. The highest BCUT2D eigenvalue weighted by Crippen LogP contribution is 2.42. The summed E-state index contributed by atoms with van der Waals surface area (Å²) in [6, 6.07) is 0.448. The number of nitrogens with two attached hydrogens (primary N) is 1. The van der Waals surface area contributed by atoms with Crippen molar-refractivity contribution in [3.05, 3.63) is 22.8 Å². The van der Waals surface area contributed by atoms with Crippen molar-refractivity contribution in [1.29, 1.82) is 0 Å². The van der Waals surface area contributed by atoms with Crippen LogP contribution in [0.1, 0.15) is 46.0 Å². The maximum Gasteiger partial charge on any atom is 0.247 e. The fourth-order valence-electron chi connectivity index (χ4n) is 4.12. The topological polar surface area (TPSA) is 55.1 Å². The molecule has 2 aliphatic carbocycles. The zero-order valence-corrected chi connectivity index (χ0v) is 11.9. The van der Waals surface area contributed by atoms with Crippen LogP contribution in [0.25, 0.3) is 0 Å². The summed E-state index contributed by atoms with van der Waals surface area (Å²) in [5, 5.41) is 3.21. The van der Waals surface area contributed by atoms with Crippen LogP contribution in [-0.4, -0.2) is 18.0 Å². The second-order valence-electron chi connectivity index (χ2n) is 6.36. The number of nitrogens with one attached hydrogen (secondary N) is 1. The summed E-state index contributed by atoms with van der Waals surface area (Å²) < 4.78 is 0. The minimum atomic E-state index is 0.157. The van der Waals surface area contributed by atoms with E-state index in [4.69, 9.17) is 5.73 Å². The predicted molar refractivity (Wildman–Crippen MR) is 76.4 cm³/mol. The molecule has 0 aromatic carbocycles. The fraction of sp³-hybridized carbons (Fsp3) is 0.688. The van der Waals surface area contributed by atoms with Crippen LogP contribution in [0.15, 0.2) is 22.8 Å². The lowest BCUT2D eigenvalue weighted by molar-refractivity contribution is -0.119. The smallest absolute Gasteiger partial charge is 0.247 e. The number of carbonyl (C=O) groups is 1. The van der Waals surface area contributed by atoms with Gasteiger partial charge < -0.3 is 11.1 Å². The van der Waals surface area contributed by atoms with E-state index in [-0.39, 0.29) is 18.0 Å². The summed E-state index contributed by atoms with van der Waals surface area (Å²) in [5.74, 6) is 0.970. The van der Waals surface area contributed by atoms with Crippen LogP contribution < -0.4 is 11.1 Å². The second-order valence-corrected chi connectivity index (χ2v) is 6.36. The Morgan fingerprint density at radius 1 is 1.47 bits per heavy atom. The Labute approximate surface area is 115 Å². The Hall–Kier alpha value is -1.09. The molecule has 0 fully saturated rings. The molecule has 3 rings (SSSR count). The van der Waals surface area contributed by atoms with Crippen molar-refractivity contribution in [2.24, 2.45) is 17.6 Å². The lowest BCUT2D eigenvalue weighted by Crippen LogP contribution is -2.50. The van der Waals surface area contributed by atoms with Gasteiger partial charge in [0.05, 0.1) is 6.04 Å². The van der Waals surface area contributed by atoms with Gasteiger partial charge in [0.15, 0.2) is 0 Å². The standard InChI is InChI=1S/C16H24N2O/c1-3-10-4-5-12-13-8-11(17)6-9(2)15(13)16(19)18-14(12)7-10/h7,9,11-12,14H,3-6,8,17H2,1-2H3,(H,18,19). The number of carbonyl (C=O) groups excluding carboxylic acids is 1. The molecular weight excluding hydrogens is 236 g/mol. The van der Waals surface area contributed by atoms with E-state index in [2.05, 4.69) is 25.2 Å². The molecule has 0 saturated carbocycles. The van der Waals surface area contributed by atoms with Gasteiger partial charge in [-0.15, -0.1) is 0 Å². The van der Waals surface area contributed by atoms with E-state index in [1.54, 1.807) is 0 Å². The number of hydrogen-bond acceptors (Lipinski definition) is 2. The Balaban J connectivity index is 1.98. The number of hydrogen-bond donors (Lipinski definition) is 2. The predicted octanol–water partition coefficient (Wildman–Crippen LogP) is 2.29. The molecule has 19 heavy (non-hydrogen) atoms. The highest BCUT2D eigenvalue weighted by molar-refractivity contribution is 5.96. The van der Waals surface area contributed by atoms with Crippen molar-refractivity contribution in [1.82, 2.24) is 5.32 Å². The molecule has 0 spiro atoms. The number of allylic oxidation sites excluding steroid dienone is 1. The van der Waals surface area contributed by atoms with Crippen molar-refractivity contribution in [2.75, 3.05) is 0 Å². The molecule has 104 valence electrons. The molecule has 0 aromatic rings. The minimum Gasteiger partial charge on any atom is -0.345 e. The van der Waals surface area contributed by atoms with Gasteiger partial charge in [-0.2, -0.15) is 0 Å². The van der Waals surface area contributed by atoms with Gasteiger partial charge in [-0.1, -0.05) is 31.1 Å². The molecule has 3 nitrogen and oxygen atoms in total. The van der Waals surface area contributed by atoms with Crippen LogP contribution in [0.2, 0.25) is 0 Å². The largest absolute Gasteiger partial charge is 0.345 e. The number of fused-ring (bicyclic) bond motifs is 2. The summed E-state index contributed by atoms with van der Waals surface area (Å²) >= 11 is 0. The molecule has 4 atom stereocenters. The van der Waals surface area contributed by atoms with Crippen LogP contribution in [0, 0.1) is 11.8 Å². The third-order valence-corrected chi connectivity index (χ3v) is 5.05. The van der Waals surface area contributed by atoms with E-state index >= 15 is 0 Å². The van der Waals surface area contributed by atoms with Crippen LogP contribution in [0.3, 0.4) is 0 Å². The van der Waals surface area contributed by atoms with Crippen LogP contribution >= 0.6 is 0 Å². The van der Waals surface area contributed by atoms with E-state index in [0.717, 1.165) is 24.8 Å². The summed E-state index contributed by atoms with van der Waals surface area (Å²) in [6.45, 7) is 4.34. The van der Waals surface area contributed by atoms with E-state index in [1.165, 1.54) is 24.0 Å². The van der Waals surface area contributed by atoms with Gasteiger partial charge in [-0.3, -0.25) is 4.79 Å². The summed E-state index contributed by atoms with van der Waals surface area (Å²) in [5.41, 5.74) is 10.1. The van der Waals surface area contributed by atoms with Gasteiger partial charge in [0, 0.05) is 17.5 Å². The summed E-state index contributed by atoms with van der Waals surface area (Å²) in [6.07, 6.45) is 7.60. The van der Waals surface area contributed by atoms with Crippen molar-refractivity contribution < 1.29 is 4.79 Å². The first-order valence-electron chi connectivity index (χ1n) is 7.59. The normalized spacial score (nSPS) is 38.3. The maximum atomic E-state index is 12.4. The fourth-order valence-corrected chi connectivity index (χ4v) is 4.12. The van der Waals surface area contributed by atoms with Gasteiger partial charge in [0.25, 0.3) is 0 Å². The molecule has 1 aliphatic heterocycles. The number of rotatable bonds is 1. The molecule has 4 unspecified atom stereocenters. The first-order chi connectivity index (χ1) is 9.10. The highest BCUT2D eigenvalue weighted by Gasteiger charge is 2.40. The molecule has 0 saturated heterocycles. The molecule has 0 aromatic heterocycles. The van der Waals surface area contributed by atoms with Gasteiger partial charge in [0.1, 0.15) is 0 Å².